The van der Waals surface area contributed by atoms with Crippen LogP contribution < -0.4 is 10.6 Å². The van der Waals surface area contributed by atoms with Crippen molar-refractivity contribution < 1.29 is 9.21 Å². The van der Waals surface area contributed by atoms with Gasteiger partial charge in [-0.1, -0.05) is 60.7 Å². The summed E-state index contributed by atoms with van der Waals surface area (Å²) < 4.78 is 5.50. The summed E-state index contributed by atoms with van der Waals surface area (Å²) in [5.41, 5.74) is 2.02. The molecule has 0 aliphatic carbocycles. The van der Waals surface area contributed by atoms with Crippen LogP contribution in [0.2, 0.25) is 0 Å². The lowest BCUT2D eigenvalue weighted by atomic mass is 10.0. The van der Waals surface area contributed by atoms with Gasteiger partial charge in [0.15, 0.2) is 0 Å². The third kappa shape index (κ3) is 3.84. The Morgan fingerprint density at radius 3 is 2.04 bits per heavy atom. The molecule has 3 aromatic rings. The van der Waals surface area contributed by atoms with E-state index in [-0.39, 0.29) is 18.1 Å². The van der Waals surface area contributed by atoms with E-state index in [1.807, 2.05) is 79.7 Å². The third-order valence-electron chi connectivity index (χ3n) is 3.88. The second-order valence-corrected chi connectivity index (χ2v) is 5.61. The van der Waals surface area contributed by atoms with Crippen molar-refractivity contribution in [2.24, 2.45) is 0 Å². The van der Waals surface area contributed by atoms with Crippen molar-refractivity contribution in [3.8, 4) is 0 Å². The van der Waals surface area contributed by atoms with Gasteiger partial charge in [0.05, 0.1) is 12.3 Å². The van der Waals surface area contributed by atoms with Crippen molar-refractivity contribution in [2.45, 2.75) is 19.0 Å². The Labute approximate surface area is 141 Å². The Balaban J connectivity index is 1.72. The average molecular weight is 320 g/mol. The Morgan fingerprint density at radius 2 is 1.46 bits per heavy atom. The lowest BCUT2D eigenvalue weighted by Gasteiger charge is -2.20. The summed E-state index contributed by atoms with van der Waals surface area (Å²) in [6.45, 7) is 1.96. The lowest BCUT2D eigenvalue weighted by molar-refractivity contribution is 0.234. The third-order valence-corrected chi connectivity index (χ3v) is 3.88. The molecule has 0 bridgehead atoms. The van der Waals surface area contributed by atoms with Crippen molar-refractivity contribution in [1.29, 1.82) is 0 Å². The van der Waals surface area contributed by atoms with E-state index in [1.165, 1.54) is 0 Å². The van der Waals surface area contributed by atoms with Crippen LogP contribution in [0.25, 0.3) is 0 Å². The quantitative estimate of drug-likeness (QED) is 0.730. The summed E-state index contributed by atoms with van der Waals surface area (Å²) in [6.07, 6.45) is 1.61. The molecule has 2 atom stereocenters. The number of benzene rings is 2. The summed E-state index contributed by atoms with van der Waals surface area (Å²) in [4.78, 5) is 12.4. The van der Waals surface area contributed by atoms with Gasteiger partial charge in [-0.15, -0.1) is 0 Å². The number of carbonyl (C=O) groups excluding carboxylic acids is 1. The topological polar surface area (TPSA) is 54.3 Å². The summed E-state index contributed by atoms with van der Waals surface area (Å²) in [5, 5.41) is 5.96. The van der Waals surface area contributed by atoms with E-state index in [0.29, 0.717) is 5.76 Å². The summed E-state index contributed by atoms with van der Waals surface area (Å²) in [7, 11) is 0. The second-order valence-electron chi connectivity index (χ2n) is 5.61. The molecule has 0 saturated heterocycles. The molecule has 0 spiro atoms. The van der Waals surface area contributed by atoms with E-state index < -0.39 is 0 Å². The van der Waals surface area contributed by atoms with Crippen molar-refractivity contribution in [3.63, 3.8) is 0 Å². The van der Waals surface area contributed by atoms with E-state index in [9.17, 15) is 4.79 Å². The van der Waals surface area contributed by atoms with Gasteiger partial charge >= 0.3 is 6.03 Å². The lowest BCUT2D eigenvalue weighted by Crippen LogP contribution is -2.39. The molecular weight excluding hydrogens is 300 g/mol. The zero-order valence-corrected chi connectivity index (χ0v) is 13.5. The molecule has 2 aromatic carbocycles. The van der Waals surface area contributed by atoms with Gasteiger partial charge in [-0.25, -0.2) is 4.79 Å². The van der Waals surface area contributed by atoms with E-state index in [2.05, 4.69) is 10.6 Å². The molecule has 0 fully saturated rings. The average Bonchev–Trinajstić information content (AvgIpc) is 3.15. The fourth-order valence-electron chi connectivity index (χ4n) is 2.61. The van der Waals surface area contributed by atoms with Crippen LogP contribution in [0.15, 0.2) is 83.5 Å². The Hall–Kier alpha value is -3.01. The number of hydrogen-bond acceptors (Lipinski definition) is 2. The largest absolute Gasteiger partial charge is 0.467 e. The van der Waals surface area contributed by atoms with Crippen molar-refractivity contribution in [3.05, 3.63) is 95.9 Å². The summed E-state index contributed by atoms with van der Waals surface area (Å²) in [5.74, 6) is 0.698. The molecule has 4 nitrogen and oxygen atoms in total. The highest BCUT2D eigenvalue weighted by Crippen LogP contribution is 2.22. The Kier molecular flexibility index (Phi) is 4.96. The number of carbonyl (C=O) groups is 1. The molecular formula is C20H20N2O2. The number of nitrogens with one attached hydrogen (secondary N) is 2. The van der Waals surface area contributed by atoms with Crippen LogP contribution in [0.3, 0.4) is 0 Å². The minimum absolute atomic E-state index is 0.0841. The summed E-state index contributed by atoms with van der Waals surface area (Å²) >= 11 is 0. The molecule has 0 radical (unpaired) electrons. The normalized spacial score (nSPS) is 13.0. The number of rotatable bonds is 5. The van der Waals surface area contributed by atoms with E-state index in [0.717, 1.165) is 11.1 Å². The van der Waals surface area contributed by atoms with Gasteiger partial charge in [-0.05, 0) is 30.2 Å². The van der Waals surface area contributed by atoms with Gasteiger partial charge in [-0.3, -0.25) is 0 Å². The molecule has 24 heavy (non-hydrogen) atoms. The molecule has 2 amide bonds. The van der Waals surface area contributed by atoms with E-state index >= 15 is 0 Å². The first-order valence-corrected chi connectivity index (χ1v) is 7.94. The van der Waals surface area contributed by atoms with Crippen LogP contribution in [0, 0.1) is 0 Å². The first-order valence-electron chi connectivity index (χ1n) is 7.94. The standard InChI is InChI=1S/C20H20N2O2/c1-15(16-9-4-2-5-10-16)21-20(23)22-19(18-13-8-14-24-18)17-11-6-3-7-12-17/h2-15,19H,1H3,(H2,21,22,23). The van der Waals surface area contributed by atoms with Gasteiger partial charge in [0.25, 0.3) is 0 Å². The van der Waals surface area contributed by atoms with Gasteiger partial charge in [0.2, 0.25) is 0 Å². The maximum atomic E-state index is 12.4. The van der Waals surface area contributed by atoms with Gasteiger partial charge < -0.3 is 15.1 Å². The van der Waals surface area contributed by atoms with Gasteiger partial charge in [-0.2, -0.15) is 0 Å². The number of hydrogen-bond donors (Lipinski definition) is 2. The molecule has 1 aromatic heterocycles. The highest BCUT2D eigenvalue weighted by Gasteiger charge is 2.20. The van der Waals surface area contributed by atoms with Gasteiger partial charge in [0.1, 0.15) is 11.8 Å². The molecule has 0 saturated carbocycles. The summed E-state index contributed by atoms with van der Waals surface area (Å²) in [6, 6.07) is 22.6. The fourth-order valence-corrected chi connectivity index (χ4v) is 2.61. The molecule has 1 heterocycles. The number of furan rings is 1. The first-order chi connectivity index (χ1) is 11.7. The molecule has 3 rings (SSSR count). The second kappa shape index (κ2) is 7.51. The maximum Gasteiger partial charge on any atom is 0.316 e. The molecule has 0 aliphatic heterocycles. The molecule has 2 unspecified atom stereocenters. The number of amides is 2. The van der Waals surface area contributed by atoms with E-state index in [4.69, 9.17) is 4.42 Å². The molecule has 122 valence electrons. The van der Waals surface area contributed by atoms with Crippen molar-refractivity contribution >= 4 is 6.03 Å². The fraction of sp³-hybridized carbons (Fsp3) is 0.150. The smallest absolute Gasteiger partial charge is 0.316 e. The van der Waals surface area contributed by atoms with Crippen LogP contribution in [-0.4, -0.2) is 6.03 Å². The zero-order valence-electron chi connectivity index (χ0n) is 13.5. The van der Waals surface area contributed by atoms with Crippen molar-refractivity contribution in [2.75, 3.05) is 0 Å². The van der Waals surface area contributed by atoms with Crippen molar-refractivity contribution in [1.82, 2.24) is 10.6 Å². The minimum Gasteiger partial charge on any atom is -0.467 e. The van der Waals surface area contributed by atoms with E-state index in [1.54, 1.807) is 6.26 Å². The predicted molar refractivity (Wildman–Crippen MR) is 93.5 cm³/mol. The molecule has 2 N–H and O–H groups in total. The first kappa shape index (κ1) is 15.9. The van der Waals surface area contributed by atoms with Crippen LogP contribution in [0.5, 0.6) is 0 Å². The predicted octanol–water partition coefficient (Wildman–Crippen LogP) is 4.43. The highest BCUT2D eigenvalue weighted by atomic mass is 16.3. The zero-order chi connectivity index (χ0) is 16.8. The van der Waals surface area contributed by atoms with Crippen LogP contribution in [-0.2, 0) is 0 Å². The maximum absolute atomic E-state index is 12.4. The van der Waals surface area contributed by atoms with Crippen LogP contribution >= 0.6 is 0 Å². The van der Waals surface area contributed by atoms with Crippen LogP contribution in [0.1, 0.15) is 35.9 Å². The Morgan fingerprint density at radius 1 is 0.833 bits per heavy atom. The highest BCUT2D eigenvalue weighted by molar-refractivity contribution is 5.75. The monoisotopic (exact) mass is 320 g/mol. The number of urea groups is 1. The van der Waals surface area contributed by atoms with Gasteiger partial charge in [0, 0.05) is 0 Å². The molecule has 4 heteroatoms. The molecule has 0 aliphatic rings. The minimum atomic E-state index is -0.329. The SMILES string of the molecule is CC(NC(=O)NC(c1ccccc1)c1ccco1)c1ccccc1. The Bertz CT molecular complexity index is 755. The van der Waals surface area contributed by atoms with Crippen LogP contribution in [0.4, 0.5) is 4.79 Å².